The van der Waals surface area contributed by atoms with Crippen molar-refractivity contribution in [3.63, 3.8) is 0 Å². The van der Waals surface area contributed by atoms with Gasteiger partial charge in [-0.25, -0.2) is 12.7 Å². The number of piperidine rings is 1. The van der Waals surface area contributed by atoms with Crippen molar-refractivity contribution in [2.75, 3.05) is 26.2 Å². The van der Waals surface area contributed by atoms with Crippen molar-refractivity contribution in [2.24, 2.45) is 5.41 Å². The van der Waals surface area contributed by atoms with Crippen molar-refractivity contribution in [3.8, 4) is 0 Å². The van der Waals surface area contributed by atoms with Gasteiger partial charge in [0.1, 0.15) is 0 Å². The number of rotatable bonds is 3. The molecule has 0 bridgehead atoms. The first-order chi connectivity index (χ1) is 10.4. The number of sulfonamides is 1. The summed E-state index contributed by atoms with van der Waals surface area (Å²) in [6, 6.07) is 5.01. The Morgan fingerprint density at radius 3 is 2.55 bits per heavy atom. The Balaban J connectivity index is 1.72. The molecule has 7 heteroatoms. The average Bonchev–Trinajstić information content (AvgIpc) is 2.88. The van der Waals surface area contributed by atoms with Crippen molar-refractivity contribution >= 4 is 33.2 Å². The van der Waals surface area contributed by atoms with Crippen molar-refractivity contribution < 1.29 is 8.42 Å². The summed E-state index contributed by atoms with van der Waals surface area (Å²) in [5.41, 5.74) is 0.858. The smallest absolute Gasteiger partial charge is 0.218 e. The van der Waals surface area contributed by atoms with E-state index in [-0.39, 0.29) is 11.2 Å². The van der Waals surface area contributed by atoms with Gasteiger partial charge in [0.05, 0.1) is 15.8 Å². The third-order valence-electron chi connectivity index (χ3n) is 4.79. The molecule has 1 aromatic carbocycles. The second kappa shape index (κ2) is 6.29. The molecule has 2 fully saturated rings. The minimum atomic E-state index is -3.31. The van der Waals surface area contributed by atoms with Crippen molar-refractivity contribution in [3.05, 3.63) is 33.8 Å². The first-order valence-electron chi connectivity index (χ1n) is 7.53. The monoisotopic (exact) mass is 362 g/mol. The van der Waals surface area contributed by atoms with Crippen LogP contribution in [0.5, 0.6) is 0 Å². The number of benzene rings is 1. The molecule has 2 aliphatic heterocycles. The fourth-order valence-electron chi connectivity index (χ4n) is 3.43. The van der Waals surface area contributed by atoms with Crippen molar-refractivity contribution in [1.82, 2.24) is 9.62 Å². The Bertz CT molecular complexity index is 658. The molecule has 0 atom stereocenters. The van der Waals surface area contributed by atoms with E-state index < -0.39 is 10.0 Å². The van der Waals surface area contributed by atoms with Crippen LogP contribution < -0.4 is 5.32 Å². The summed E-state index contributed by atoms with van der Waals surface area (Å²) in [6.45, 7) is 3.25. The molecule has 122 valence electrons. The third kappa shape index (κ3) is 3.44. The lowest BCUT2D eigenvalue weighted by molar-refractivity contribution is 0.218. The fraction of sp³-hybridized carbons (Fsp3) is 0.600. The van der Waals surface area contributed by atoms with E-state index >= 15 is 0 Å². The number of nitrogens with zero attached hydrogens (tertiary/aromatic N) is 1. The van der Waals surface area contributed by atoms with E-state index in [4.69, 9.17) is 23.2 Å². The van der Waals surface area contributed by atoms with Crippen LogP contribution in [0.3, 0.4) is 0 Å². The normalized spacial score (nSPS) is 22.3. The molecule has 2 saturated heterocycles. The van der Waals surface area contributed by atoms with Gasteiger partial charge in [0.25, 0.3) is 0 Å². The zero-order valence-corrected chi connectivity index (χ0v) is 14.6. The summed E-state index contributed by atoms with van der Waals surface area (Å²) < 4.78 is 27.0. The van der Waals surface area contributed by atoms with Gasteiger partial charge in [0.15, 0.2) is 0 Å². The van der Waals surface area contributed by atoms with Gasteiger partial charge < -0.3 is 5.32 Å². The van der Waals surface area contributed by atoms with Crippen LogP contribution in [-0.2, 0) is 15.8 Å². The summed E-state index contributed by atoms with van der Waals surface area (Å²) >= 11 is 11.9. The first kappa shape index (κ1) is 16.5. The van der Waals surface area contributed by atoms with Crippen molar-refractivity contribution in [1.29, 1.82) is 0 Å². The Hall–Kier alpha value is -0.330. The van der Waals surface area contributed by atoms with Crippen LogP contribution >= 0.6 is 23.2 Å². The quantitative estimate of drug-likeness (QED) is 0.899. The molecule has 0 aliphatic carbocycles. The van der Waals surface area contributed by atoms with E-state index in [0.29, 0.717) is 28.7 Å². The van der Waals surface area contributed by atoms with Gasteiger partial charge in [-0.1, -0.05) is 29.3 Å². The molecule has 1 spiro atoms. The Morgan fingerprint density at radius 2 is 1.86 bits per heavy atom. The molecule has 4 nitrogen and oxygen atoms in total. The van der Waals surface area contributed by atoms with Gasteiger partial charge in [-0.2, -0.15) is 0 Å². The number of hydrogen-bond donors (Lipinski definition) is 1. The molecule has 1 N–H and O–H groups in total. The van der Waals surface area contributed by atoms with Gasteiger partial charge in [0.2, 0.25) is 10.0 Å². The predicted octanol–water partition coefficient (Wildman–Crippen LogP) is 2.90. The minimum Gasteiger partial charge on any atom is -0.317 e. The van der Waals surface area contributed by atoms with E-state index in [1.165, 1.54) is 0 Å². The first-order valence-corrected chi connectivity index (χ1v) is 9.89. The second-order valence-corrected chi connectivity index (χ2v) is 9.12. The zero-order chi connectivity index (χ0) is 15.8. The van der Waals surface area contributed by atoms with Gasteiger partial charge in [-0.05, 0) is 55.5 Å². The highest BCUT2D eigenvalue weighted by molar-refractivity contribution is 7.88. The van der Waals surface area contributed by atoms with Crippen molar-refractivity contribution in [2.45, 2.75) is 25.0 Å². The molecular weight excluding hydrogens is 343 g/mol. The predicted molar refractivity (Wildman–Crippen MR) is 89.8 cm³/mol. The topological polar surface area (TPSA) is 49.4 Å². The second-order valence-electron chi connectivity index (χ2n) is 6.34. The summed E-state index contributed by atoms with van der Waals surface area (Å²) in [5, 5.41) is 4.18. The molecule has 0 unspecified atom stereocenters. The van der Waals surface area contributed by atoms with E-state index in [1.54, 1.807) is 22.5 Å². The fourth-order valence-corrected chi connectivity index (χ4v) is 5.37. The highest BCUT2D eigenvalue weighted by Gasteiger charge is 2.42. The van der Waals surface area contributed by atoms with Crippen LogP contribution in [0.25, 0.3) is 0 Å². The summed E-state index contributed by atoms with van der Waals surface area (Å²) in [6.07, 6.45) is 3.09. The molecule has 0 radical (unpaired) electrons. The zero-order valence-electron chi connectivity index (χ0n) is 12.3. The molecule has 0 saturated carbocycles. The van der Waals surface area contributed by atoms with E-state index in [9.17, 15) is 8.42 Å². The molecule has 1 aromatic rings. The van der Waals surface area contributed by atoms with Gasteiger partial charge >= 0.3 is 0 Å². The van der Waals surface area contributed by atoms with E-state index in [1.807, 2.05) is 0 Å². The molecule has 22 heavy (non-hydrogen) atoms. The largest absolute Gasteiger partial charge is 0.317 e. The SMILES string of the molecule is O=S(=O)(Cc1ccc(Cl)c(Cl)c1)N1CCC2(CCNCC2)C1. The lowest BCUT2D eigenvalue weighted by Crippen LogP contribution is -2.40. The Morgan fingerprint density at radius 1 is 1.14 bits per heavy atom. The highest BCUT2D eigenvalue weighted by atomic mass is 35.5. The molecule has 0 amide bonds. The van der Waals surface area contributed by atoms with Crippen LogP contribution in [0.4, 0.5) is 0 Å². The Kier molecular flexibility index (Phi) is 4.72. The number of nitrogens with one attached hydrogen (secondary N) is 1. The maximum atomic E-state index is 12.7. The van der Waals surface area contributed by atoms with Crippen LogP contribution in [0.1, 0.15) is 24.8 Å². The maximum Gasteiger partial charge on any atom is 0.218 e. The van der Waals surface area contributed by atoms with Crippen LogP contribution in [-0.4, -0.2) is 38.9 Å². The maximum absolute atomic E-state index is 12.7. The average molecular weight is 363 g/mol. The lowest BCUT2D eigenvalue weighted by atomic mass is 9.78. The van der Waals surface area contributed by atoms with Crippen LogP contribution in [0.15, 0.2) is 18.2 Å². The number of halogens is 2. The molecule has 2 aliphatic rings. The number of hydrogen-bond acceptors (Lipinski definition) is 3. The molecule has 3 rings (SSSR count). The molecule has 0 aromatic heterocycles. The molecule has 2 heterocycles. The minimum absolute atomic E-state index is 0.0157. The highest BCUT2D eigenvalue weighted by Crippen LogP contribution is 2.40. The van der Waals surface area contributed by atoms with Crippen LogP contribution in [0.2, 0.25) is 10.0 Å². The van der Waals surface area contributed by atoms with E-state index in [2.05, 4.69) is 5.32 Å². The standard InChI is InChI=1S/C15H20Cl2N2O2S/c16-13-2-1-12(9-14(13)17)10-22(20,21)19-8-5-15(11-19)3-6-18-7-4-15/h1-2,9,18H,3-8,10-11H2. The van der Waals surface area contributed by atoms with Crippen LogP contribution in [0, 0.1) is 5.41 Å². The van der Waals surface area contributed by atoms with Gasteiger partial charge in [-0.3, -0.25) is 0 Å². The Labute approximate surface area is 141 Å². The van der Waals surface area contributed by atoms with Gasteiger partial charge in [0, 0.05) is 13.1 Å². The molecular formula is C15H20Cl2N2O2S. The van der Waals surface area contributed by atoms with Gasteiger partial charge in [-0.15, -0.1) is 0 Å². The summed E-state index contributed by atoms with van der Waals surface area (Å²) in [4.78, 5) is 0. The summed E-state index contributed by atoms with van der Waals surface area (Å²) in [7, 11) is -3.31. The van der Waals surface area contributed by atoms with E-state index in [0.717, 1.165) is 32.4 Å². The lowest BCUT2D eigenvalue weighted by Gasteiger charge is -2.33. The summed E-state index contributed by atoms with van der Waals surface area (Å²) in [5.74, 6) is -0.0157. The third-order valence-corrected chi connectivity index (χ3v) is 7.33.